The fourth-order valence-corrected chi connectivity index (χ4v) is 1.15. The van der Waals surface area contributed by atoms with Gasteiger partial charge in [0.2, 0.25) is 0 Å². The summed E-state index contributed by atoms with van der Waals surface area (Å²) in [5.74, 6) is 0. The van der Waals surface area contributed by atoms with Crippen LogP contribution in [0.5, 0.6) is 0 Å². The van der Waals surface area contributed by atoms with E-state index in [1.54, 1.807) is 0 Å². The molecular formula is C13H13Co. The zero-order chi connectivity index (χ0) is 10.1. The van der Waals surface area contributed by atoms with Crippen molar-refractivity contribution in [1.29, 1.82) is 0 Å². The van der Waals surface area contributed by atoms with Crippen molar-refractivity contribution in [1.82, 2.24) is 0 Å². The van der Waals surface area contributed by atoms with Gasteiger partial charge in [-0.2, -0.15) is 0 Å². The second-order valence-corrected chi connectivity index (χ2v) is 3.43. The van der Waals surface area contributed by atoms with Crippen LogP contribution in [-0.4, -0.2) is 0 Å². The molecule has 0 aliphatic heterocycles. The van der Waals surface area contributed by atoms with Crippen LogP contribution >= 0.6 is 0 Å². The molecule has 2 rings (SSSR count). The molecule has 0 saturated heterocycles. The van der Waals surface area contributed by atoms with Crippen LogP contribution in [-0.2, 0) is 15.7 Å². The van der Waals surface area contributed by atoms with Crippen molar-refractivity contribution < 1.29 is 15.7 Å². The maximum absolute atomic E-state index is 4.14. The minimum absolute atomic E-state index is 1.03. The number of allylic oxidation sites excluding steroid dienone is 12. The molecule has 2 aliphatic rings. The second-order valence-electron chi connectivity index (χ2n) is 2.76. The molecule has 14 heavy (non-hydrogen) atoms. The fraction of sp³-hybridized carbons (Fsp3) is 0.0769. The van der Waals surface area contributed by atoms with Gasteiger partial charge in [0.15, 0.2) is 0 Å². The Labute approximate surface area is 93.7 Å². The molecule has 0 aromatic heterocycles. The van der Waals surface area contributed by atoms with Crippen LogP contribution in [0.1, 0.15) is 6.42 Å². The summed E-state index contributed by atoms with van der Waals surface area (Å²) in [6.45, 7) is 0. The third-order valence-electron chi connectivity index (χ3n) is 1.60. The van der Waals surface area contributed by atoms with Gasteiger partial charge in [-0.1, -0.05) is 48.6 Å². The molecule has 0 fully saturated rings. The summed E-state index contributed by atoms with van der Waals surface area (Å²) in [4.78, 5) is 0. The van der Waals surface area contributed by atoms with Crippen molar-refractivity contribution in [2.75, 3.05) is 0 Å². The molecule has 0 atom stereocenters. The van der Waals surface area contributed by atoms with Crippen molar-refractivity contribution >= 4 is 0 Å². The van der Waals surface area contributed by atoms with Gasteiger partial charge in [0.05, 0.1) is 0 Å². The summed E-state index contributed by atoms with van der Waals surface area (Å²) >= 11 is 4.14. The third kappa shape index (κ3) is 5.57. The summed E-state index contributed by atoms with van der Waals surface area (Å²) in [5, 5.41) is 0. The topological polar surface area (TPSA) is 0 Å². The molecule has 0 bridgehead atoms. The van der Waals surface area contributed by atoms with Gasteiger partial charge < -0.3 is 0 Å². The predicted octanol–water partition coefficient (Wildman–Crippen LogP) is 3.60. The molecule has 0 radical (unpaired) electrons. The Morgan fingerprint density at radius 1 is 0.714 bits per heavy atom. The van der Waals surface area contributed by atoms with Gasteiger partial charge in [0, 0.05) is 0 Å². The molecular weight excluding hydrogens is 215 g/mol. The van der Waals surface area contributed by atoms with Gasteiger partial charge in [-0.15, -0.1) is 0 Å². The van der Waals surface area contributed by atoms with Crippen LogP contribution in [0.3, 0.4) is 0 Å². The molecule has 2 aliphatic carbocycles. The molecule has 0 spiro atoms. The molecule has 0 saturated carbocycles. The Kier molecular flexibility index (Phi) is 5.80. The zero-order valence-electron chi connectivity index (χ0n) is 7.89. The number of rotatable bonds is 0. The van der Waals surface area contributed by atoms with Gasteiger partial charge in [-0.25, -0.2) is 0 Å². The summed E-state index contributed by atoms with van der Waals surface area (Å²) < 4.78 is 1.16. The first-order valence-electron chi connectivity index (χ1n) is 4.55. The summed E-state index contributed by atoms with van der Waals surface area (Å²) in [6.07, 6.45) is 23.1. The first kappa shape index (κ1) is 11.0. The Bertz CT molecular complexity index is 269. The SMILES string of the molecule is C1=CC=CC=CC=C1.[Co][C]1=CC=CC1. The van der Waals surface area contributed by atoms with E-state index in [1.165, 1.54) is 0 Å². The third-order valence-corrected chi connectivity index (χ3v) is 1.98. The molecule has 0 amide bonds. The zero-order valence-corrected chi connectivity index (χ0v) is 8.93. The molecule has 0 nitrogen and oxygen atoms in total. The van der Waals surface area contributed by atoms with E-state index in [4.69, 9.17) is 0 Å². The molecule has 0 aromatic carbocycles. The Hall–Kier alpha value is -1.05. The van der Waals surface area contributed by atoms with E-state index in [0.29, 0.717) is 0 Å². The van der Waals surface area contributed by atoms with Gasteiger partial charge in [-0.05, 0) is 0 Å². The normalized spacial score (nSPS) is 17.1. The number of hydrogen-bond donors (Lipinski definition) is 0. The average molecular weight is 228 g/mol. The Morgan fingerprint density at radius 3 is 1.29 bits per heavy atom. The minimum atomic E-state index is 1.03. The summed E-state index contributed by atoms with van der Waals surface area (Å²) in [6, 6.07) is 0. The molecule has 74 valence electrons. The quantitative estimate of drug-likeness (QED) is 0.594. The van der Waals surface area contributed by atoms with Crippen molar-refractivity contribution in [3.05, 3.63) is 71.3 Å². The predicted molar refractivity (Wildman–Crippen MR) is 58.4 cm³/mol. The Morgan fingerprint density at radius 2 is 1.14 bits per heavy atom. The van der Waals surface area contributed by atoms with Gasteiger partial charge in [0.1, 0.15) is 0 Å². The van der Waals surface area contributed by atoms with E-state index in [0.717, 1.165) is 10.9 Å². The van der Waals surface area contributed by atoms with Crippen LogP contribution < -0.4 is 0 Å². The van der Waals surface area contributed by atoms with Gasteiger partial charge in [0.25, 0.3) is 0 Å². The average Bonchev–Trinajstić information content (AvgIpc) is 2.55. The molecule has 0 N–H and O–H groups in total. The first-order chi connectivity index (χ1) is 6.89. The van der Waals surface area contributed by atoms with E-state index >= 15 is 0 Å². The van der Waals surface area contributed by atoms with Crippen LogP contribution in [0, 0.1) is 0 Å². The van der Waals surface area contributed by atoms with E-state index < -0.39 is 0 Å². The van der Waals surface area contributed by atoms with Crippen LogP contribution in [0.15, 0.2) is 71.3 Å². The fourth-order valence-electron chi connectivity index (χ4n) is 0.925. The molecule has 0 unspecified atom stereocenters. The number of hydrogen-bond acceptors (Lipinski definition) is 0. The summed E-state index contributed by atoms with van der Waals surface area (Å²) in [5.41, 5.74) is 0. The van der Waals surface area contributed by atoms with Gasteiger partial charge in [-0.3, -0.25) is 0 Å². The van der Waals surface area contributed by atoms with Crippen molar-refractivity contribution in [2.24, 2.45) is 0 Å². The van der Waals surface area contributed by atoms with E-state index in [1.807, 2.05) is 60.8 Å². The van der Waals surface area contributed by atoms with E-state index in [2.05, 4.69) is 21.8 Å². The van der Waals surface area contributed by atoms with E-state index in [-0.39, 0.29) is 0 Å². The second kappa shape index (κ2) is 7.36. The van der Waals surface area contributed by atoms with Crippen LogP contribution in [0.2, 0.25) is 0 Å². The monoisotopic (exact) mass is 228 g/mol. The first-order valence-corrected chi connectivity index (χ1v) is 5.07. The van der Waals surface area contributed by atoms with Crippen LogP contribution in [0.4, 0.5) is 0 Å². The Balaban J connectivity index is 0.000000146. The van der Waals surface area contributed by atoms with Crippen molar-refractivity contribution in [3.8, 4) is 0 Å². The van der Waals surface area contributed by atoms with Gasteiger partial charge >= 0.3 is 44.9 Å². The standard InChI is InChI=1S/C8H8.C5H5.Co/c1-2-4-6-8-7-5-3-1;1-2-4-5-3-1;/h1-8H;1-3H,4H2;. The summed E-state index contributed by atoms with van der Waals surface area (Å²) in [7, 11) is 0. The van der Waals surface area contributed by atoms with Crippen molar-refractivity contribution in [2.45, 2.75) is 6.42 Å². The molecule has 1 heteroatoms. The maximum atomic E-state index is 4.14. The molecule has 0 heterocycles. The molecule has 0 aromatic rings. The van der Waals surface area contributed by atoms with Crippen LogP contribution in [0.25, 0.3) is 0 Å². The van der Waals surface area contributed by atoms with E-state index in [9.17, 15) is 0 Å². The van der Waals surface area contributed by atoms with Crippen molar-refractivity contribution in [3.63, 3.8) is 0 Å².